The van der Waals surface area contributed by atoms with Gasteiger partial charge in [0.25, 0.3) is 0 Å². The summed E-state index contributed by atoms with van der Waals surface area (Å²) in [5, 5.41) is 4.93. The molecule has 108 valence electrons. The van der Waals surface area contributed by atoms with Crippen LogP contribution in [0.2, 0.25) is 0 Å². The van der Waals surface area contributed by atoms with Crippen molar-refractivity contribution in [3.63, 3.8) is 0 Å². The molecule has 0 aliphatic rings. The normalized spacial score (nSPS) is 13.1. The van der Waals surface area contributed by atoms with E-state index < -0.39 is 10.0 Å². The fourth-order valence-corrected chi connectivity index (χ4v) is 3.80. The monoisotopic (exact) mass is 311 g/mol. The Kier molecular flexibility index (Phi) is 4.74. The van der Waals surface area contributed by atoms with Crippen molar-refractivity contribution in [2.24, 2.45) is 0 Å². The molecule has 0 saturated heterocycles. The third-order valence-electron chi connectivity index (χ3n) is 2.70. The summed E-state index contributed by atoms with van der Waals surface area (Å²) in [5.74, 6) is 0.555. The van der Waals surface area contributed by atoms with Gasteiger partial charge in [-0.15, -0.1) is 11.3 Å². The molecule has 2 aromatic heterocycles. The van der Waals surface area contributed by atoms with E-state index in [1.54, 1.807) is 0 Å². The minimum absolute atomic E-state index is 0.215. The summed E-state index contributed by atoms with van der Waals surface area (Å²) in [5.41, 5.74) is 0. The van der Waals surface area contributed by atoms with Crippen LogP contribution in [0.4, 0.5) is 5.82 Å². The van der Waals surface area contributed by atoms with E-state index in [1.807, 2.05) is 31.4 Å². The highest BCUT2D eigenvalue weighted by molar-refractivity contribution is 7.89. The lowest BCUT2D eigenvalue weighted by Crippen LogP contribution is -2.26. The molecule has 7 heteroatoms. The number of nitrogens with zero attached hydrogens (tertiary/aromatic N) is 1. The zero-order chi connectivity index (χ0) is 14.6. The van der Waals surface area contributed by atoms with Crippen LogP contribution < -0.4 is 10.0 Å². The first-order valence-electron chi connectivity index (χ1n) is 6.28. The lowest BCUT2D eigenvalue weighted by atomic mass is 10.3. The first-order valence-corrected chi connectivity index (χ1v) is 8.65. The van der Waals surface area contributed by atoms with Gasteiger partial charge in [-0.05, 0) is 31.4 Å². The highest BCUT2D eigenvalue weighted by Crippen LogP contribution is 2.21. The Balaban J connectivity index is 2.20. The van der Waals surface area contributed by atoms with Gasteiger partial charge < -0.3 is 5.32 Å². The molecule has 0 aliphatic carbocycles. The molecule has 0 spiro atoms. The maximum absolute atomic E-state index is 12.3. The first kappa shape index (κ1) is 15.0. The standard InChI is InChI=1S/C13H17N3O2S2/c1-3-14-13-9-11(6-7-15-13)20(17,18)16-10(2)12-5-4-8-19-12/h4-10,16H,3H2,1-2H3,(H,14,15). The second-order valence-corrected chi connectivity index (χ2v) is 6.96. The molecule has 2 aromatic rings. The number of nitrogens with one attached hydrogen (secondary N) is 2. The van der Waals surface area contributed by atoms with Crippen LogP contribution in [-0.2, 0) is 10.0 Å². The van der Waals surface area contributed by atoms with Crippen LogP contribution in [0.25, 0.3) is 0 Å². The van der Waals surface area contributed by atoms with Gasteiger partial charge >= 0.3 is 0 Å². The van der Waals surface area contributed by atoms with Crippen LogP contribution in [0.5, 0.6) is 0 Å². The number of thiophene rings is 1. The van der Waals surface area contributed by atoms with Crippen molar-refractivity contribution >= 4 is 27.2 Å². The zero-order valence-electron chi connectivity index (χ0n) is 11.3. The molecule has 0 fully saturated rings. The van der Waals surface area contributed by atoms with Gasteiger partial charge in [-0.1, -0.05) is 6.07 Å². The Morgan fingerprint density at radius 1 is 1.40 bits per heavy atom. The molecule has 0 aliphatic heterocycles. The Labute approximate surface area is 123 Å². The minimum Gasteiger partial charge on any atom is -0.370 e. The van der Waals surface area contributed by atoms with Gasteiger partial charge in [-0.3, -0.25) is 0 Å². The van der Waals surface area contributed by atoms with Crippen LogP contribution >= 0.6 is 11.3 Å². The molecular formula is C13H17N3O2S2. The molecule has 2 rings (SSSR count). The predicted molar refractivity (Wildman–Crippen MR) is 81.5 cm³/mol. The predicted octanol–water partition coefficient (Wildman–Crippen LogP) is 2.61. The maximum atomic E-state index is 12.3. The maximum Gasteiger partial charge on any atom is 0.241 e. The molecule has 0 bridgehead atoms. The van der Waals surface area contributed by atoms with Crippen molar-refractivity contribution in [1.82, 2.24) is 9.71 Å². The van der Waals surface area contributed by atoms with E-state index in [-0.39, 0.29) is 10.9 Å². The first-order chi connectivity index (χ1) is 9.53. The Morgan fingerprint density at radius 2 is 2.20 bits per heavy atom. The SMILES string of the molecule is CCNc1cc(S(=O)(=O)NC(C)c2cccs2)ccn1. The van der Waals surface area contributed by atoms with Gasteiger partial charge in [-0.2, -0.15) is 0 Å². The summed E-state index contributed by atoms with van der Waals surface area (Å²) in [6.07, 6.45) is 1.49. The van der Waals surface area contributed by atoms with Crippen molar-refractivity contribution in [3.05, 3.63) is 40.7 Å². The van der Waals surface area contributed by atoms with Crippen LogP contribution in [0.3, 0.4) is 0 Å². The number of rotatable bonds is 6. The molecule has 20 heavy (non-hydrogen) atoms. The van der Waals surface area contributed by atoms with Crippen molar-refractivity contribution in [2.45, 2.75) is 24.8 Å². The van der Waals surface area contributed by atoms with Crippen LogP contribution in [0, 0.1) is 0 Å². The number of sulfonamides is 1. The van der Waals surface area contributed by atoms with E-state index in [1.165, 1.54) is 29.7 Å². The zero-order valence-corrected chi connectivity index (χ0v) is 13.0. The van der Waals surface area contributed by atoms with Crippen LogP contribution in [-0.4, -0.2) is 19.9 Å². The summed E-state index contributed by atoms with van der Waals surface area (Å²) in [7, 11) is -3.55. The Hall–Kier alpha value is -1.44. The second-order valence-electron chi connectivity index (χ2n) is 4.27. The topological polar surface area (TPSA) is 71.1 Å². The van der Waals surface area contributed by atoms with Crippen molar-refractivity contribution in [1.29, 1.82) is 0 Å². The van der Waals surface area contributed by atoms with Gasteiger partial charge in [0.2, 0.25) is 10.0 Å². The van der Waals surface area contributed by atoms with E-state index in [9.17, 15) is 8.42 Å². The molecule has 1 unspecified atom stereocenters. The summed E-state index contributed by atoms with van der Waals surface area (Å²) >= 11 is 1.53. The lowest BCUT2D eigenvalue weighted by Gasteiger charge is -2.13. The van der Waals surface area contributed by atoms with Crippen LogP contribution in [0.1, 0.15) is 24.8 Å². The lowest BCUT2D eigenvalue weighted by molar-refractivity contribution is 0.568. The Morgan fingerprint density at radius 3 is 2.85 bits per heavy atom. The molecule has 0 aromatic carbocycles. The molecule has 2 N–H and O–H groups in total. The average Bonchev–Trinajstić information content (AvgIpc) is 2.93. The molecule has 5 nitrogen and oxygen atoms in total. The number of aromatic nitrogens is 1. The van der Waals surface area contributed by atoms with E-state index in [4.69, 9.17) is 0 Å². The van der Waals surface area contributed by atoms with Crippen LogP contribution in [0.15, 0.2) is 40.7 Å². The molecule has 0 saturated carbocycles. The summed E-state index contributed by atoms with van der Waals surface area (Å²) in [4.78, 5) is 5.27. The van der Waals surface area contributed by atoms with E-state index in [0.29, 0.717) is 12.4 Å². The Bertz CT molecular complexity index is 654. The molecule has 0 amide bonds. The number of hydrogen-bond acceptors (Lipinski definition) is 5. The fourth-order valence-electron chi connectivity index (χ4n) is 1.75. The molecule has 2 heterocycles. The van der Waals surface area contributed by atoms with E-state index in [0.717, 1.165) is 4.88 Å². The van der Waals surface area contributed by atoms with Gasteiger partial charge in [0.05, 0.1) is 10.9 Å². The average molecular weight is 311 g/mol. The van der Waals surface area contributed by atoms with E-state index in [2.05, 4.69) is 15.0 Å². The minimum atomic E-state index is -3.55. The van der Waals surface area contributed by atoms with Gasteiger partial charge in [0.15, 0.2) is 0 Å². The molecule has 0 radical (unpaired) electrons. The highest BCUT2D eigenvalue weighted by Gasteiger charge is 2.19. The third kappa shape index (κ3) is 3.56. The smallest absolute Gasteiger partial charge is 0.241 e. The third-order valence-corrected chi connectivity index (χ3v) is 5.29. The van der Waals surface area contributed by atoms with Crippen molar-refractivity contribution in [3.8, 4) is 0 Å². The van der Waals surface area contributed by atoms with Gasteiger partial charge in [0.1, 0.15) is 5.82 Å². The van der Waals surface area contributed by atoms with Crippen molar-refractivity contribution in [2.75, 3.05) is 11.9 Å². The van der Waals surface area contributed by atoms with Gasteiger partial charge in [0, 0.05) is 23.7 Å². The summed E-state index contributed by atoms with van der Waals surface area (Å²) < 4.78 is 27.3. The highest BCUT2D eigenvalue weighted by atomic mass is 32.2. The second kappa shape index (κ2) is 6.34. The number of anilines is 1. The quantitative estimate of drug-likeness (QED) is 0.860. The summed E-state index contributed by atoms with van der Waals surface area (Å²) in [6.45, 7) is 4.45. The number of pyridine rings is 1. The number of hydrogen-bond donors (Lipinski definition) is 2. The fraction of sp³-hybridized carbons (Fsp3) is 0.308. The summed E-state index contributed by atoms with van der Waals surface area (Å²) in [6, 6.07) is 6.59. The molecule has 1 atom stereocenters. The van der Waals surface area contributed by atoms with E-state index >= 15 is 0 Å². The van der Waals surface area contributed by atoms with Crippen molar-refractivity contribution < 1.29 is 8.42 Å². The largest absolute Gasteiger partial charge is 0.370 e. The van der Waals surface area contributed by atoms with Gasteiger partial charge in [-0.25, -0.2) is 18.1 Å². The molecular weight excluding hydrogens is 294 g/mol.